The molecule has 1 aromatic heterocycles. The smallest absolute Gasteiger partial charge is 0.129 e. The molecule has 0 N–H and O–H groups in total. The van der Waals surface area contributed by atoms with Gasteiger partial charge in [-0.3, -0.25) is 0 Å². The quantitative estimate of drug-likeness (QED) is 0.559. The third-order valence-electron chi connectivity index (χ3n) is 2.20. The van der Waals surface area contributed by atoms with E-state index in [1.165, 1.54) is 0 Å². The molecule has 3 heteroatoms. The van der Waals surface area contributed by atoms with Crippen molar-refractivity contribution in [1.29, 1.82) is 0 Å². The number of hydrogen-bond acceptors (Lipinski definition) is 2. The molecule has 58 valence electrons. The molecule has 3 nitrogen and oxygen atoms in total. The molecule has 0 fully saturated rings. The summed E-state index contributed by atoms with van der Waals surface area (Å²) in [7, 11) is 0. The number of aryl methyl sites for hydroxylation is 1. The molecule has 1 atom stereocenters. The summed E-state index contributed by atoms with van der Waals surface area (Å²) < 4.78 is 2.06. The zero-order valence-electron chi connectivity index (χ0n) is 6.23. The molecule has 0 amide bonds. The van der Waals surface area contributed by atoms with Crippen LogP contribution in [0.1, 0.15) is 24.5 Å². The summed E-state index contributed by atoms with van der Waals surface area (Å²) in [5.74, 6) is 0.0891. The van der Waals surface area contributed by atoms with Crippen molar-refractivity contribution in [2.24, 2.45) is 0 Å². The minimum atomic E-state index is 0.0891. The van der Waals surface area contributed by atoms with Gasteiger partial charge in [-0.25, -0.2) is 4.98 Å². The minimum absolute atomic E-state index is 0.0891. The summed E-state index contributed by atoms with van der Waals surface area (Å²) in [5, 5.41) is 0. The van der Waals surface area contributed by atoms with E-state index in [2.05, 4.69) is 9.55 Å². The van der Waals surface area contributed by atoms with Gasteiger partial charge >= 0.3 is 0 Å². The summed E-state index contributed by atoms with van der Waals surface area (Å²) in [5.41, 5.74) is 1.08. The largest absolute Gasteiger partial charge is 0.334 e. The normalized spacial score (nSPS) is 22.7. The highest BCUT2D eigenvalue weighted by Gasteiger charge is 2.18. The molecule has 0 radical (unpaired) electrons. The Morgan fingerprint density at radius 2 is 2.64 bits per heavy atom. The zero-order valence-corrected chi connectivity index (χ0v) is 6.23. The number of carbonyl (C=O) groups excluding carboxylic acids is 1. The minimum Gasteiger partial charge on any atom is -0.334 e. The van der Waals surface area contributed by atoms with E-state index in [9.17, 15) is 4.79 Å². The molecule has 1 aromatic rings. The highest BCUT2D eigenvalue weighted by molar-refractivity contribution is 5.61. The number of imidazole rings is 1. The van der Waals surface area contributed by atoms with Crippen LogP contribution < -0.4 is 0 Å². The first-order valence-electron chi connectivity index (χ1n) is 3.87. The third-order valence-corrected chi connectivity index (χ3v) is 2.20. The molecule has 0 aromatic carbocycles. The molecule has 1 aliphatic heterocycles. The van der Waals surface area contributed by atoms with Crippen LogP contribution in [0, 0.1) is 0 Å². The van der Waals surface area contributed by atoms with E-state index in [0.29, 0.717) is 0 Å². The summed E-state index contributed by atoms with van der Waals surface area (Å²) in [6.45, 7) is 1.01. The van der Waals surface area contributed by atoms with Crippen LogP contribution in [0.15, 0.2) is 12.5 Å². The average molecular weight is 150 g/mol. The molecule has 0 aliphatic carbocycles. The number of rotatable bonds is 1. The summed E-state index contributed by atoms with van der Waals surface area (Å²) in [6, 6.07) is 0. The first-order valence-corrected chi connectivity index (χ1v) is 3.87. The van der Waals surface area contributed by atoms with Crippen molar-refractivity contribution in [3.8, 4) is 0 Å². The summed E-state index contributed by atoms with van der Waals surface area (Å²) in [4.78, 5) is 14.6. The molecule has 0 saturated carbocycles. The summed E-state index contributed by atoms with van der Waals surface area (Å²) >= 11 is 0. The average Bonchev–Trinajstić information content (AvgIpc) is 2.50. The van der Waals surface area contributed by atoms with E-state index in [1.807, 2.05) is 0 Å². The van der Waals surface area contributed by atoms with E-state index in [-0.39, 0.29) is 5.92 Å². The fraction of sp³-hybridized carbons (Fsp3) is 0.500. The molecule has 0 spiro atoms. The van der Waals surface area contributed by atoms with Crippen LogP contribution in [0.25, 0.3) is 0 Å². The molecule has 0 bridgehead atoms. The lowest BCUT2D eigenvalue weighted by molar-refractivity contribution is -0.109. The Hall–Kier alpha value is -1.12. The van der Waals surface area contributed by atoms with Crippen molar-refractivity contribution in [2.75, 3.05) is 0 Å². The Bertz CT molecular complexity index is 267. The van der Waals surface area contributed by atoms with Gasteiger partial charge in [0.2, 0.25) is 0 Å². The van der Waals surface area contributed by atoms with Crippen LogP contribution in [0.2, 0.25) is 0 Å². The standard InChI is InChI=1S/C8H10N2O/c11-5-7-2-1-3-10-6-9-4-8(7)10/h4-7H,1-3H2. The highest BCUT2D eigenvalue weighted by atomic mass is 16.1. The van der Waals surface area contributed by atoms with E-state index in [0.717, 1.165) is 31.4 Å². The topological polar surface area (TPSA) is 34.9 Å². The fourth-order valence-corrected chi connectivity index (χ4v) is 1.59. The molecule has 2 heterocycles. The van der Waals surface area contributed by atoms with E-state index < -0.39 is 0 Å². The van der Waals surface area contributed by atoms with Crippen molar-refractivity contribution >= 4 is 6.29 Å². The molecule has 1 unspecified atom stereocenters. The molecule has 1 aliphatic rings. The van der Waals surface area contributed by atoms with Gasteiger partial charge in [0.15, 0.2) is 0 Å². The number of nitrogens with zero attached hydrogens (tertiary/aromatic N) is 2. The van der Waals surface area contributed by atoms with Gasteiger partial charge < -0.3 is 9.36 Å². The van der Waals surface area contributed by atoms with Crippen LogP contribution in [-0.2, 0) is 11.3 Å². The third kappa shape index (κ3) is 0.964. The van der Waals surface area contributed by atoms with Gasteiger partial charge in [-0.2, -0.15) is 0 Å². The maximum Gasteiger partial charge on any atom is 0.129 e. The lowest BCUT2D eigenvalue weighted by Crippen LogP contribution is -2.14. The van der Waals surface area contributed by atoms with Crippen LogP contribution >= 0.6 is 0 Å². The number of fused-ring (bicyclic) bond motifs is 1. The lowest BCUT2D eigenvalue weighted by Gasteiger charge is -2.18. The van der Waals surface area contributed by atoms with Gasteiger partial charge in [-0.15, -0.1) is 0 Å². The first-order chi connectivity index (χ1) is 5.42. The first kappa shape index (κ1) is 6.58. The van der Waals surface area contributed by atoms with Crippen LogP contribution in [-0.4, -0.2) is 15.8 Å². The van der Waals surface area contributed by atoms with Crippen molar-refractivity contribution in [3.63, 3.8) is 0 Å². The van der Waals surface area contributed by atoms with Gasteiger partial charge in [0.1, 0.15) is 6.29 Å². The Morgan fingerprint density at radius 3 is 3.45 bits per heavy atom. The molecular formula is C8H10N2O. The van der Waals surface area contributed by atoms with Crippen LogP contribution in [0.5, 0.6) is 0 Å². The second-order valence-corrected chi connectivity index (χ2v) is 2.90. The van der Waals surface area contributed by atoms with Crippen molar-refractivity contribution < 1.29 is 4.79 Å². The predicted molar refractivity (Wildman–Crippen MR) is 40.3 cm³/mol. The van der Waals surface area contributed by atoms with Gasteiger partial charge in [0, 0.05) is 18.4 Å². The highest BCUT2D eigenvalue weighted by Crippen LogP contribution is 2.24. The van der Waals surface area contributed by atoms with Gasteiger partial charge in [0.25, 0.3) is 0 Å². The number of hydrogen-bond donors (Lipinski definition) is 0. The monoisotopic (exact) mass is 150 g/mol. The number of carbonyl (C=O) groups is 1. The number of aldehydes is 1. The predicted octanol–water partition coefficient (Wildman–Crippen LogP) is 0.959. The Balaban J connectivity index is 2.39. The Labute approximate surface area is 65.1 Å². The molecule has 0 saturated heterocycles. The van der Waals surface area contributed by atoms with Gasteiger partial charge in [-0.05, 0) is 12.8 Å². The van der Waals surface area contributed by atoms with E-state index in [4.69, 9.17) is 0 Å². The SMILES string of the molecule is O=CC1CCCn2cncc21. The maximum atomic E-state index is 10.6. The summed E-state index contributed by atoms with van der Waals surface area (Å²) in [6.07, 6.45) is 6.68. The van der Waals surface area contributed by atoms with Crippen LogP contribution in [0.4, 0.5) is 0 Å². The van der Waals surface area contributed by atoms with E-state index in [1.54, 1.807) is 12.5 Å². The maximum absolute atomic E-state index is 10.6. The van der Waals surface area contributed by atoms with Crippen molar-refractivity contribution in [2.45, 2.75) is 25.3 Å². The number of aromatic nitrogens is 2. The Morgan fingerprint density at radius 1 is 1.73 bits per heavy atom. The molecule has 2 rings (SSSR count). The Kier molecular flexibility index (Phi) is 1.49. The van der Waals surface area contributed by atoms with Crippen molar-refractivity contribution in [1.82, 2.24) is 9.55 Å². The van der Waals surface area contributed by atoms with Crippen LogP contribution in [0.3, 0.4) is 0 Å². The van der Waals surface area contributed by atoms with E-state index >= 15 is 0 Å². The fourth-order valence-electron chi connectivity index (χ4n) is 1.59. The zero-order chi connectivity index (χ0) is 7.68. The lowest BCUT2D eigenvalue weighted by atomic mass is 9.98. The molecular weight excluding hydrogens is 140 g/mol. The van der Waals surface area contributed by atoms with Gasteiger partial charge in [0.05, 0.1) is 12.2 Å². The second-order valence-electron chi connectivity index (χ2n) is 2.90. The second kappa shape index (κ2) is 2.49. The van der Waals surface area contributed by atoms with Gasteiger partial charge in [-0.1, -0.05) is 0 Å². The molecule has 11 heavy (non-hydrogen) atoms. The van der Waals surface area contributed by atoms with Crippen molar-refractivity contribution in [3.05, 3.63) is 18.2 Å².